The van der Waals surface area contributed by atoms with Crippen molar-refractivity contribution in [3.8, 4) is 11.5 Å². The highest BCUT2D eigenvalue weighted by molar-refractivity contribution is 7.99. The van der Waals surface area contributed by atoms with Crippen LogP contribution in [0.15, 0.2) is 41.8 Å². The molecule has 1 amide bonds. The quantitative estimate of drug-likeness (QED) is 0.541. The first-order valence-corrected chi connectivity index (χ1v) is 8.35. The maximum absolute atomic E-state index is 12.3. The molecule has 1 N–H and O–H groups in total. The summed E-state index contributed by atoms with van der Waals surface area (Å²) in [5.74, 6) is 0.279. The molecule has 1 heterocycles. The molecular weight excluding hydrogens is 352 g/mol. The van der Waals surface area contributed by atoms with Crippen LogP contribution in [-0.2, 0) is 11.2 Å². The maximum Gasteiger partial charge on any atom is 0.387 e. The molecule has 0 saturated carbocycles. The molecule has 0 atom stereocenters. The van der Waals surface area contributed by atoms with Crippen molar-refractivity contribution in [2.75, 3.05) is 19.4 Å². The average molecular weight is 369 g/mol. The van der Waals surface area contributed by atoms with Gasteiger partial charge in [-0.15, -0.1) is 0 Å². The second kappa shape index (κ2) is 9.77. The first-order valence-electron chi connectivity index (χ1n) is 7.36. The van der Waals surface area contributed by atoms with E-state index in [0.29, 0.717) is 18.1 Å². The number of alkyl halides is 2. The Labute approximate surface area is 148 Å². The van der Waals surface area contributed by atoms with Gasteiger partial charge in [0.15, 0.2) is 16.7 Å². The number of nitrogens with zero attached hydrogens (tertiary/aromatic N) is 2. The van der Waals surface area contributed by atoms with E-state index < -0.39 is 6.61 Å². The van der Waals surface area contributed by atoms with Gasteiger partial charge >= 0.3 is 6.61 Å². The Morgan fingerprint density at radius 3 is 2.72 bits per heavy atom. The molecule has 0 bridgehead atoms. The van der Waals surface area contributed by atoms with E-state index in [2.05, 4.69) is 20.0 Å². The molecular formula is C16H17F2N3O3S. The summed E-state index contributed by atoms with van der Waals surface area (Å²) in [6.07, 6.45) is 3.76. The van der Waals surface area contributed by atoms with Crippen molar-refractivity contribution < 1.29 is 23.0 Å². The van der Waals surface area contributed by atoms with Gasteiger partial charge in [0.05, 0.1) is 12.9 Å². The van der Waals surface area contributed by atoms with Crippen LogP contribution in [0.2, 0.25) is 0 Å². The first kappa shape index (κ1) is 18.9. The highest BCUT2D eigenvalue weighted by atomic mass is 32.2. The van der Waals surface area contributed by atoms with Gasteiger partial charge in [-0.1, -0.05) is 17.8 Å². The van der Waals surface area contributed by atoms with E-state index in [9.17, 15) is 13.6 Å². The minimum atomic E-state index is -2.91. The monoisotopic (exact) mass is 369 g/mol. The summed E-state index contributed by atoms with van der Waals surface area (Å²) in [5.41, 5.74) is 0.831. The molecule has 1 aromatic carbocycles. The summed E-state index contributed by atoms with van der Waals surface area (Å²) >= 11 is 1.25. The van der Waals surface area contributed by atoms with Crippen LogP contribution in [-0.4, -0.2) is 41.9 Å². The molecule has 134 valence electrons. The van der Waals surface area contributed by atoms with Gasteiger partial charge in [-0.3, -0.25) is 4.79 Å². The molecule has 0 spiro atoms. The van der Waals surface area contributed by atoms with E-state index in [0.717, 1.165) is 5.56 Å². The van der Waals surface area contributed by atoms with Crippen LogP contribution in [0.1, 0.15) is 5.56 Å². The Bertz CT molecular complexity index is 690. The van der Waals surface area contributed by atoms with E-state index in [-0.39, 0.29) is 23.2 Å². The fraction of sp³-hybridized carbons (Fsp3) is 0.312. The van der Waals surface area contributed by atoms with Crippen molar-refractivity contribution >= 4 is 17.7 Å². The number of carbonyl (C=O) groups is 1. The number of methoxy groups -OCH3 is 1. The van der Waals surface area contributed by atoms with Crippen LogP contribution in [0.5, 0.6) is 11.5 Å². The molecule has 0 saturated heterocycles. The number of hydrogen-bond donors (Lipinski definition) is 1. The van der Waals surface area contributed by atoms with Gasteiger partial charge in [-0.05, 0) is 30.2 Å². The highest BCUT2D eigenvalue weighted by Crippen LogP contribution is 2.29. The van der Waals surface area contributed by atoms with Gasteiger partial charge in [0.2, 0.25) is 5.91 Å². The van der Waals surface area contributed by atoms with Crippen molar-refractivity contribution in [1.82, 2.24) is 15.3 Å². The number of thioether (sulfide) groups is 1. The number of ether oxygens (including phenoxy) is 2. The third-order valence-corrected chi connectivity index (χ3v) is 3.93. The van der Waals surface area contributed by atoms with Gasteiger partial charge in [-0.2, -0.15) is 8.78 Å². The van der Waals surface area contributed by atoms with Gasteiger partial charge in [0.25, 0.3) is 0 Å². The third-order valence-electron chi connectivity index (χ3n) is 3.05. The Hall–Kier alpha value is -2.42. The summed E-state index contributed by atoms with van der Waals surface area (Å²) in [4.78, 5) is 19.8. The molecule has 0 aliphatic rings. The largest absolute Gasteiger partial charge is 0.493 e. The molecule has 25 heavy (non-hydrogen) atoms. The summed E-state index contributed by atoms with van der Waals surface area (Å²) < 4.78 is 34.0. The standard InChI is InChI=1S/C16H17F2N3O3S/c1-23-13-9-11(3-4-12(13)24-15(17)18)5-8-19-14(22)10-25-16-20-6-2-7-21-16/h2-4,6-7,9,15H,5,8,10H2,1H3,(H,19,22). The lowest BCUT2D eigenvalue weighted by Gasteiger charge is -2.11. The topological polar surface area (TPSA) is 73.3 Å². The fourth-order valence-corrected chi connectivity index (χ4v) is 2.58. The zero-order chi connectivity index (χ0) is 18.1. The van der Waals surface area contributed by atoms with Crippen LogP contribution in [0.25, 0.3) is 0 Å². The molecule has 0 unspecified atom stereocenters. The molecule has 0 aliphatic heterocycles. The van der Waals surface area contributed by atoms with E-state index in [1.165, 1.54) is 24.9 Å². The fourth-order valence-electron chi connectivity index (χ4n) is 1.95. The molecule has 9 heteroatoms. The summed E-state index contributed by atoms with van der Waals surface area (Å²) in [6.45, 7) is -2.50. The van der Waals surface area contributed by atoms with E-state index in [1.807, 2.05) is 0 Å². The number of hydrogen-bond acceptors (Lipinski definition) is 6. The van der Waals surface area contributed by atoms with Crippen LogP contribution in [0.3, 0.4) is 0 Å². The Kier molecular flexibility index (Phi) is 7.39. The lowest BCUT2D eigenvalue weighted by molar-refractivity contribution is -0.118. The predicted octanol–water partition coefficient (Wildman–Crippen LogP) is 2.54. The normalized spacial score (nSPS) is 10.6. The number of nitrogens with one attached hydrogen (secondary N) is 1. The Morgan fingerprint density at radius 1 is 1.28 bits per heavy atom. The van der Waals surface area contributed by atoms with Gasteiger partial charge in [0, 0.05) is 18.9 Å². The smallest absolute Gasteiger partial charge is 0.387 e. The summed E-state index contributed by atoms with van der Waals surface area (Å²) in [6, 6.07) is 6.39. The maximum atomic E-state index is 12.3. The van der Waals surface area contributed by atoms with Crippen molar-refractivity contribution in [3.05, 3.63) is 42.2 Å². The van der Waals surface area contributed by atoms with E-state index in [1.54, 1.807) is 30.6 Å². The predicted molar refractivity (Wildman–Crippen MR) is 89.1 cm³/mol. The number of aromatic nitrogens is 2. The Morgan fingerprint density at radius 2 is 2.04 bits per heavy atom. The molecule has 1 aromatic heterocycles. The minimum absolute atomic E-state index is 0.0236. The highest BCUT2D eigenvalue weighted by Gasteiger charge is 2.11. The van der Waals surface area contributed by atoms with Crippen molar-refractivity contribution in [2.45, 2.75) is 18.2 Å². The average Bonchev–Trinajstić information content (AvgIpc) is 2.61. The van der Waals surface area contributed by atoms with Crippen molar-refractivity contribution in [1.29, 1.82) is 0 Å². The van der Waals surface area contributed by atoms with E-state index in [4.69, 9.17) is 4.74 Å². The number of carbonyl (C=O) groups excluding carboxylic acids is 1. The minimum Gasteiger partial charge on any atom is -0.493 e. The lowest BCUT2D eigenvalue weighted by Crippen LogP contribution is -2.27. The van der Waals surface area contributed by atoms with Crippen LogP contribution >= 0.6 is 11.8 Å². The summed E-state index contributed by atoms with van der Waals surface area (Å²) in [7, 11) is 1.38. The molecule has 0 fully saturated rings. The summed E-state index contributed by atoms with van der Waals surface area (Å²) in [5, 5.41) is 3.32. The third kappa shape index (κ3) is 6.54. The molecule has 0 aliphatic carbocycles. The van der Waals surface area contributed by atoms with Crippen molar-refractivity contribution in [3.63, 3.8) is 0 Å². The second-order valence-corrected chi connectivity index (χ2v) is 5.73. The SMILES string of the molecule is COc1cc(CCNC(=O)CSc2ncccn2)ccc1OC(F)F. The van der Waals surface area contributed by atoms with Gasteiger partial charge in [0.1, 0.15) is 0 Å². The zero-order valence-electron chi connectivity index (χ0n) is 13.4. The number of amides is 1. The second-order valence-electron chi connectivity index (χ2n) is 4.78. The van der Waals surface area contributed by atoms with Crippen LogP contribution < -0.4 is 14.8 Å². The van der Waals surface area contributed by atoms with Crippen LogP contribution in [0, 0.1) is 0 Å². The zero-order valence-corrected chi connectivity index (χ0v) is 14.3. The van der Waals surface area contributed by atoms with Crippen molar-refractivity contribution in [2.24, 2.45) is 0 Å². The van der Waals surface area contributed by atoms with E-state index >= 15 is 0 Å². The lowest BCUT2D eigenvalue weighted by atomic mass is 10.1. The number of halogens is 2. The van der Waals surface area contributed by atoms with Crippen LogP contribution in [0.4, 0.5) is 8.78 Å². The number of rotatable bonds is 9. The number of benzene rings is 1. The molecule has 2 aromatic rings. The molecule has 2 rings (SSSR count). The van der Waals surface area contributed by atoms with Gasteiger partial charge in [-0.25, -0.2) is 9.97 Å². The molecule has 0 radical (unpaired) electrons. The first-order chi connectivity index (χ1) is 12.1. The van der Waals surface area contributed by atoms with Gasteiger partial charge < -0.3 is 14.8 Å². The Balaban J connectivity index is 1.78. The molecule has 6 nitrogen and oxygen atoms in total.